The highest BCUT2D eigenvalue weighted by Gasteiger charge is 2.45. The van der Waals surface area contributed by atoms with Crippen molar-refractivity contribution in [2.75, 3.05) is 0 Å². The van der Waals surface area contributed by atoms with Crippen molar-refractivity contribution < 1.29 is 23.8 Å². The fraction of sp³-hybridized carbons (Fsp3) is 0.333. The van der Waals surface area contributed by atoms with E-state index in [2.05, 4.69) is 27.7 Å². The molecule has 0 aliphatic carbocycles. The van der Waals surface area contributed by atoms with Crippen LogP contribution in [0.4, 0.5) is 0 Å². The van der Waals surface area contributed by atoms with E-state index in [1.807, 2.05) is 12.1 Å². The van der Waals surface area contributed by atoms with Gasteiger partial charge in [-0.15, -0.1) is 0 Å². The lowest BCUT2D eigenvalue weighted by atomic mass is 9.78. The highest BCUT2D eigenvalue weighted by atomic mass is 16.6. The third-order valence-corrected chi connectivity index (χ3v) is 6.79. The number of ether oxygens (including phenoxy) is 3. The first-order chi connectivity index (χ1) is 16.9. The van der Waals surface area contributed by atoms with Gasteiger partial charge < -0.3 is 14.2 Å². The van der Waals surface area contributed by atoms with Gasteiger partial charge in [-0.05, 0) is 60.1 Å². The summed E-state index contributed by atoms with van der Waals surface area (Å²) < 4.78 is 18.6. The summed E-state index contributed by atoms with van der Waals surface area (Å²) in [5.41, 5.74) is 4.86. The predicted octanol–water partition coefficient (Wildman–Crippen LogP) is 7.28. The highest BCUT2D eigenvalue weighted by molar-refractivity contribution is 5.94. The van der Waals surface area contributed by atoms with Crippen LogP contribution >= 0.6 is 0 Å². The molecule has 2 aliphatic heterocycles. The number of fused-ring (bicyclic) bond motifs is 5. The SMILES string of the molecule is CC(C)c1c(OC(=O)c2ccccc2)c(OC(=O)c2ccccc2)c(C(C)C)c2c1C1CCC2O1. The summed E-state index contributed by atoms with van der Waals surface area (Å²) in [7, 11) is 0. The van der Waals surface area contributed by atoms with Crippen LogP contribution < -0.4 is 9.47 Å². The lowest BCUT2D eigenvalue weighted by molar-refractivity contribution is 0.0678. The summed E-state index contributed by atoms with van der Waals surface area (Å²) >= 11 is 0. The molecular formula is C30H30O5. The van der Waals surface area contributed by atoms with E-state index in [4.69, 9.17) is 14.2 Å². The van der Waals surface area contributed by atoms with Gasteiger partial charge in [0, 0.05) is 11.1 Å². The number of hydrogen-bond acceptors (Lipinski definition) is 5. The zero-order valence-electron chi connectivity index (χ0n) is 20.5. The Kier molecular flexibility index (Phi) is 6.20. The van der Waals surface area contributed by atoms with Crippen LogP contribution in [0, 0.1) is 0 Å². The van der Waals surface area contributed by atoms with Gasteiger partial charge in [-0.1, -0.05) is 64.1 Å². The quantitative estimate of drug-likeness (QED) is 0.280. The van der Waals surface area contributed by atoms with Crippen molar-refractivity contribution in [1.82, 2.24) is 0 Å². The first-order valence-corrected chi connectivity index (χ1v) is 12.3. The Balaban J connectivity index is 1.72. The maximum atomic E-state index is 13.2. The molecule has 5 nitrogen and oxygen atoms in total. The molecule has 2 unspecified atom stereocenters. The summed E-state index contributed by atoms with van der Waals surface area (Å²) in [5.74, 6) is -0.249. The number of esters is 2. The molecule has 0 N–H and O–H groups in total. The normalized spacial score (nSPS) is 18.1. The molecule has 0 radical (unpaired) electrons. The van der Waals surface area contributed by atoms with Crippen molar-refractivity contribution in [3.8, 4) is 11.5 Å². The summed E-state index contributed by atoms with van der Waals surface area (Å²) in [6.45, 7) is 8.28. The van der Waals surface area contributed by atoms with Crippen LogP contribution in [0.5, 0.6) is 11.5 Å². The molecule has 5 rings (SSSR count). The predicted molar refractivity (Wildman–Crippen MR) is 133 cm³/mol. The summed E-state index contributed by atoms with van der Waals surface area (Å²) in [6, 6.07) is 17.8. The van der Waals surface area contributed by atoms with Gasteiger partial charge in [0.2, 0.25) is 0 Å². The van der Waals surface area contributed by atoms with Crippen LogP contribution in [0.3, 0.4) is 0 Å². The third-order valence-electron chi connectivity index (χ3n) is 6.79. The number of benzene rings is 3. The molecule has 2 heterocycles. The second kappa shape index (κ2) is 9.31. The first-order valence-electron chi connectivity index (χ1n) is 12.3. The average Bonchev–Trinajstić information content (AvgIpc) is 3.47. The number of rotatable bonds is 6. The maximum absolute atomic E-state index is 13.2. The van der Waals surface area contributed by atoms with E-state index in [1.54, 1.807) is 48.5 Å². The van der Waals surface area contributed by atoms with Crippen molar-refractivity contribution in [2.24, 2.45) is 0 Å². The zero-order chi connectivity index (χ0) is 24.7. The molecule has 2 aliphatic rings. The molecule has 0 saturated carbocycles. The smallest absolute Gasteiger partial charge is 0.343 e. The minimum atomic E-state index is -0.483. The van der Waals surface area contributed by atoms with E-state index >= 15 is 0 Å². The van der Waals surface area contributed by atoms with Gasteiger partial charge in [-0.25, -0.2) is 9.59 Å². The Morgan fingerprint density at radius 3 is 1.40 bits per heavy atom. The second-order valence-electron chi connectivity index (χ2n) is 9.82. The standard InChI is InChI=1S/C30H30O5/c1-17(2)23-25-21-15-16-22(33-21)26(25)24(18(3)4)28(35-30(32)20-13-9-6-10-14-20)27(23)34-29(31)19-11-7-5-8-12-19/h5-14,17-18,21-22H,15-16H2,1-4H3. The molecule has 1 saturated heterocycles. The topological polar surface area (TPSA) is 61.8 Å². The van der Waals surface area contributed by atoms with Crippen molar-refractivity contribution in [1.29, 1.82) is 0 Å². The monoisotopic (exact) mass is 470 g/mol. The van der Waals surface area contributed by atoms with Gasteiger partial charge in [0.05, 0.1) is 23.3 Å². The molecule has 2 bridgehead atoms. The van der Waals surface area contributed by atoms with Gasteiger partial charge >= 0.3 is 11.9 Å². The summed E-state index contributed by atoms with van der Waals surface area (Å²) in [4.78, 5) is 26.5. The Labute approximate surface area is 206 Å². The molecule has 5 heteroatoms. The van der Waals surface area contributed by atoms with Crippen LogP contribution in [0.1, 0.15) is 108 Å². The van der Waals surface area contributed by atoms with Crippen molar-refractivity contribution in [3.05, 3.63) is 94.0 Å². The average molecular weight is 471 g/mol. The first kappa shape index (κ1) is 23.3. The van der Waals surface area contributed by atoms with Crippen LogP contribution in [0.15, 0.2) is 60.7 Å². The van der Waals surface area contributed by atoms with E-state index in [0.29, 0.717) is 22.6 Å². The number of carbonyl (C=O) groups is 2. The van der Waals surface area contributed by atoms with Crippen molar-refractivity contribution in [3.63, 3.8) is 0 Å². The van der Waals surface area contributed by atoms with E-state index in [1.165, 1.54) is 0 Å². The van der Waals surface area contributed by atoms with Gasteiger partial charge in [-0.2, -0.15) is 0 Å². The van der Waals surface area contributed by atoms with E-state index in [9.17, 15) is 9.59 Å². The Morgan fingerprint density at radius 1 is 0.686 bits per heavy atom. The Bertz CT molecular complexity index is 1160. The lowest BCUT2D eigenvalue weighted by Crippen LogP contribution is -2.19. The van der Waals surface area contributed by atoms with Crippen LogP contribution in [-0.4, -0.2) is 11.9 Å². The molecule has 2 atom stereocenters. The fourth-order valence-electron chi connectivity index (χ4n) is 5.34. The summed E-state index contributed by atoms with van der Waals surface area (Å²) in [5, 5.41) is 0. The fourth-order valence-corrected chi connectivity index (χ4v) is 5.34. The highest BCUT2D eigenvalue weighted by Crippen LogP contribution is 2.60. The largest absolute Gasteiger partial charge is 0.419 e. The van der Waals surface area contributed by atoms with Gasteiger partial charge in [0.1, 0.15) is 0 Å². The van der Waals surface area contributed by atoms with Crippen molar-refractivity contribution >= 4 is 11.9 Å². The molecule has 0 spiro atoms. The molecule has 1 fully saturated rings. The minimum Gasteiger partial charge on any atom is -0.419 e. The van der Waals surface area contributed by atoms with Crippen LogP contribution in [-0.2, 0) is 4.74 Å². The molecular weight excluding hydrogens is 440 g/mol. The molecule has 0 amide bonds. The van der Waals surface area contributed by atoms with Crippen LogP contribution in [0.2, 0.25) is 0 Å². The lowest BCUT2D eigenvalue weighted by Gasteiger charge is -2.28. The molecule has 3 aromatic carbocycles. The third kappa shape index (κ3) is 4.14. The molecule has 35 heavy (non-hydrogen) atoms. The van der Waals surface area contributed by atoms with Crippen molar-refractivity contribution in [2.45, 2.75) is 64.6 Å². The van der Waals surface area contributed by atoms with E-state index < -0.39 is 11.9 Å². The number of carbonyl (C=O) groups excluding carboxylic acids is 2. The minimum absolute atomic E-state index is 0.0284. The molecule has 0 aromatic heterocycles. The van der Waals surface area contributed by atoms with Gasteiger partial charge in [0.25, 0.3) is 0 Å². The van der Waals surface area contributed by atoms with Gasteiger partial charge in [-0.3, -0.25) is 0 Å². The van der Waals surface area contributed by atoms with Gasteiger partial charge in [0.15, 0.2) is 11.5 Å². The summed E-state index contributed by atoms with van der Waals surface area (Å²) in [6.07, 6.45) is 1.81. The maximum Gasteiger partial charge on any atom is 0.343 e. The van der Waals surface area contributed by atoms with E-state index in [-0.39, 0.29) is 24.0 Å². The Hall–Kier alpha value is -3.44. The van der Waals surface area contributed by atoms with Crippen LogP contribution in [0.25, 0.3) is 0 Å². The Morgan fingerprint density at radius 2 is 1.06 bits per heavy atom. The number of hydrogen-bond donors (Lipinski definition) is 0. The van der Waals surface area contributed by atoms with E-state index in [0.717, 1.165) is 35.1 Å². The zero-order valence-corrected chi connectivity index (χ0v) is 20.5. The second-order valence-corrected chi connectivity index (χ2v) is 9.82. The molecule has 180 valence electrons. The molecule has 3 aromatic rings.